The molecule has 1 heterocycles. The molecule has 1 atom stereocenters. The van der Waals surface area contributed by atoms with E-state index < -0.39 is 0 Å². The van der Waals surface area contributed by atoms with Crippen molar-refractivity contribution in [3.05, 3.63) is 29.6 Å². The SMILES string of the molecule is O=C(CC1Cc2ncccc2CC1=O)NCC1CCCCC1. The summed E-state index contributed by atoms with van der Waals surface area (Å²) in [5.41, 5.74) is 2.00. The fraction of sp³-hybridized carbons (Fsp3) is 0.611. The van der Waals surface area contributed by atoms with Gasteiger partial charge in [0, 0.05) is 43.6 Å². The maximum atomic E-state index is 12.2. The minimum atomic E-state index is -0.200. The first-order valence-electron chi connectivity index (χ1n) is 8.44. The van der Waals surface area contributed by atoms with Crippen LogP contribution in [0.4, 0.5) is 0 Å². The molecule has 0 radical (unpaired) electrons. The highest BCUT2D eigenvalue weighted by Crippen LogP contribution is 2.24. The molecule has 0 aliphatic heterocycles. The fourth-order valence-electron chi connectivity index (χ4n) is 3.63. The number of carbonyl (C=O) groups is 2. The molecule has 2 aliphatic rings. The zero-order valence-corrected chi connectivity index (χ0v) is 13.0. The summed E-state index contributed by atoms with van der Waals surface area (Å²) in [6.45, 7) is 0.772. The van der Waals surface area contributed by atoms with Gasteiger partial charge in [0.1, 0.15) is 5.78 Å². The van der Waals surface area contributed by atoms with E-state index >= 15 is 0 Å². The lowest BCUT2D eigenvalue weighted by atomic mass is 9.83. The minimum Gasteiger partial charge on any atom is -0.356 e. The number of carbonyl (C=O) groups excluding carboxylic acids is 2. The minimum absolute atomic E-state index is 0.0169. The Balaban J connectivity index is 1.50. The molecular weight excluding hydrogens is 276 g/mol. The highest BCUT2D eigenvalue weighted by atomic mass is 16.2. The van der Waals surface area contributed by atoms with Gasteiger partial charge in [-0.3, -0.25) is 14.6 Å². The maximum absolute atomic E-state index is 12.2. The highest BCUT2D eigenvalue weighted by molar-refractivity contribution is 5.89. The van der Waals surface area contributed by atoms with Crippen molar-refractivity contribution in [2.75, 3.05) is 6.54 Å². The van der Waals surface area contributed by atoms with Gasteiger partial charge in [-0.15, -0.1) is 0 Å². The number of Topliss-reactive ketones (excluding diaryl/α,β-unsaturated/α-hetero) is 1. The van der Waals surface area contributed by atoms with Crippen LogP contribution in [0.2, 0.25) is 0 Å². The number of hydrogen-bond acceptors (Lipinski definition) is 3. The lowest BCUT2D eigenvalue weighted by molar-refractivity contribution is -0.129. The molecule has 1 amide bonds. The van der Waals surface area contributed by atoms with Crippen LogP contribution >= 0.6 is 0 Å². The molecule has 0 aromatic carbocycles. The lowest BCUT2D eigenvalue weighted by Gasteiger charge is -2.24. The van der Waals surface area contributed by atoms with Crippen LogP contribution in [-0.2, 0) is 22.4 Å². The summed E-state index contributed by atoms with van der Waals surface area (Å²) in [5.74, 6) is 0.618. The van der Waals surface area contributed by atoms with Gasteiger partial charge in [0.05, 0.1) is 0 Å². The number of nitrogens with one attached hydrogen (secondary N) is 1. The molecule has 1 unspecified atom stereocenters. The summed E-state index contributed by atoms with van der Waals surface area (Å²) >= 11 is 0. The first-order chi connectivity index (χ1) is 10.7. The smallest absolute Gasteiger partial charge is 0.220 e. The molecule has 0 spiro atoms. The molecule has 0 saturated heterocycles. The topological polar surface area (TPSA) is 59.1 Å². The van der Waals surface area contributed by atoms with E-state index in [1.165, 1.54) is 32.1 Å². The molecule has 0 bridgehead atoms. The molecule has 2 aliphatic carbocycles. The van der Waals surface area contributed by atoms with Crippen molar-refractivity contribution in [2.24, 2.45) is 11.8 Å². The second-order valence-corrected chi connectivity index (χ2v) is 6.67. The molecular formula is C18H24N2O2. The molecule has 1 N–H and O–H groups in total. The normalized spacial score (nSPS) is 22.2. The van der Waals surface area contributed by atoms with Crippen LogP contribution < -0.4 is 5.32 Å². The largest absolute Gasteiger partial charge is 0.356 e. The maximum Gasteiger partial charge on any atom is 0.220 e. The Morgan fingerprint density at radius 1 is 1.27 bits per heavy atom. The molecule has 1 aromatic rings. The Morgan fingerprint density at radius 2 is 2.09 bits per heavy atom. The standard InChI is InChI=1S/C18H24N2O2/c21-17-10-14-7-4-8-19-16(14)9-15(17)11-18(22)20-12-13-5-2-1-3-6-13/h4,7-8,13,15H,1-3,5-6,9-12H2,(H,20,22). The number of pyridine rings is 1. The van der Waals surface area contributed by atoms with E-state index in [1.54, 1.807) is 6.20 Å². The summed E-state index contributed by atoms with van der Waals surface area (Å²) in [5, 5.41) is 3.03. The van der Waals surface area contributed by atoms with Gasteiger partial charge in [-0.2, -0.15) is 0 Å². The number of ketones is 1. The zero-order valence-electron chi connectivity index (χ0n) is 13.0. The quantitative estimate of drug-likeness (QED) is 0.929. The van der Waals surface area contributed by atoms with E-state index in [4.69, 9.17) is 0 Å². The van der Waals surface area contributed by atoms with Gasteiger partial charge in [-0.05, 0) is 30.4 Å². The van der Waals surface area contributed by atoms with Crippen LogP contribution in [0.5, 0.6) is 0 Å². The summed E-state index contributed by atoms with van der Waals surface area (Å²) in [4.78, 5) is 28.7. The molecule has 1 fully saturated rings. The van der Waals surface area contributed by atoms with Gasteiger partial charge >= 0.3 is 0 Å². The summed E-state index contributed by atoms with van der Waals surface area (Å²) in [7, 11) is 0. The van der Waals surface area contributed by atoms with Crippen molar-refractivity contribution in [3.63, 3.8) is 0 Å². The monoisotopic (exact) mass is 300 g/mol. The Bertz CT molecular complexity index is 550. The van der Waals surface area contributed by atoms with Crippen LogP contribution in [0.3, 0.4) is 0 Å². The van der Waals surface area contributed by atoms with Crippen molar-refractivity contribution < 1.29 is 9.59 Å². The van der Waals surface area contributed by atoms with Gasteiger partial charge in [0.25, 0.3) is 0 Å². The van der Waals surface area contributed by atoms with Crippen molar-refractivity contribution in [3.8, 4) is 0 Å². The van der Waals surface area contributed by atoms with E-state index in [1.807, 2.05) is 12.1 Å². The molecule has 4 nitrogen and oxygen atoms in total. The van der Waals surface area contributed by atoms with Crippen LogP contribution in [0, 0.1) is 11.8 Å². The molecule has 22 heavy (non-hydrogen) atoms. The second kappa shape index (κ2) is 7.03. The van der Waals surface area contributed by atoms with E-state index in [9.17, 15) is 9.59 Å². The van der Waals surface area contributed by atoms with Crippen LogP contribution in [-0.4, -0.2) is 23.2 Å². The first kappa shape index (κ1) is 15.2. The van der Waals surface area contributed by atoms with Crippen molar-refractivity contribution in [1.29, 1.82) is 0 Å². The predicted molar refractivity (Wildman–Crippen MR) is 84.3 cm³/mol. The number of amides is 1. The number of nitrogens with zero attached hydrogens (tertiary/aromatic N) is 1. The molecule has 3 rings (SSSR count). The summed E-state index contributed by atoms with van der Waals surface area (Å²) in [6.07, 6.45) is 9.42. The van der Waals surface area contributed by atoms with E-state index in [-0.39, 0.29) is 17.6 Å². The van der Waals surface area contributed by atoms with E-state index in [0.29, 0.717) is 25.2 Å². The van der Waals surface area contributed by atoms with E-state index in [2.05, 4.69) is 10.3 Å². The third-order valence-corrected chi connectivity index (χ3v) is 4.99. The third-order valence-electron chi connectivity index (χ3n) is 4.99. The summed E-state index contributed by atoms with van der Waals surface area (Å²) in [6, 6.07) is 3.82. The third kappa shape index (κ3) is 3.73. The average molecular weight is 300 g/mol. The van der Waals surface area contributed by atoms with Crippen molar-refractivity contribution in [2.45, 2.75) is 51.4 Å². The Hall–Kier alpha value is -1.71. The highest BCUT2D eigenvalue weighted by Gasteiger charge is 2.28. The number of aromatic nitrogens is 1. The molecule has 4 heteroatoms. The Kier molecular flexibility index (Phi) is 4.86. The van der Waals surface area contributed by atoms with Crippen LogP contribution in [0.25, 0.3) is 0 Å². The number of rotatable bonds is 4. The number of fused-ring (bicyclic) bond motifs is 1. The Morgan fingerprint density at radius 3 is 2.91 bits per heavy atom. The van der Waals surface area contributed by atoms with Gasteiger partial charge in [-0.25, -0.2) is 0 Å². The molecule has 118 valence electrons. The number of hydrogen-bond donors (Lipinski definition) is 1. The van der Waals surface area contributed by atoms with Gasteiger partial charge in [-0.1, -0.05) is 25.3 Å². The van der Waals surface area contributed by atoms with Gasteiger partial charge < -0.3 is 5.32 Å². The Labute approximate surface area is 131 Å². The predicted octanol–water partition coefficient (Wildman–Crippen LogP) is 2.45. The van der Waals surface area contributed by atoms with Crippen molar-refractivity contribution >= 4 is 11.7 Å². The van der Waals surface area contributed by atoms with Crippen molar-refractivity contribution in [1.82, 2.24) is 10.3 Å². The van der Waals surface area contributed by atoms with Gasteiger partial charge in [0.15, 0.2) is 0 Å². The first-order valence-corrected chi connectivity index (χ1v) is 8.44. The molecule has 1 aromatic heterocycles. The van der Waals surface area contributed by atoms with Crippen LogP contribution in [0.1, 0.15) is 49.8 Å². The lowest BCUT2D eigenvalue weighted by Crippen LogP contribution is -2.35. The molecule has 1 saturated carbocycles. The average Bonchev–Trinajstić information content (AvgIpc) is 2.55. The summed E-state index contributed by atoms with van der Waals surface area (Å²) < 4.78 is 0. The van der Waals surface area contributed by atoms with Crippen LogP contribution in [0.15, 0.2) is 18.3 Å². The second-order valence-electron chi connectivity index (χ2n) is 6.67. The van der Waals surface area contributed by atoms with Gasteiger partial charge in [0.2, 0.25) is 5.91 Å². The zero-order chi connectivity index (χ0) is 15.4. The fourth-order valence-corrected chi connectivity index (χ4v) is 3.63. The van der Waals surface area contributed by atoms with E-state index in [0.717, 1.165) is 17.8 Å².